The summed E-state index contributed by atoms with van der Waals surface area (Å²) in [6.07, 6.45) is 2.60. The van der Waals surface area contributed by atoms with Gasteiger partial charge in [-0.15, -0.1) is 0 Å². The van der Waals surface area contributed by atoms with E-state index in [2.05, 4.69) is 22.5 Å². The number of para-hydroxylation sites is 1. The minimum Gasteiger partial charge on any atom is -0.396 e. The molecule has 1 spiro atoms. The number of rotatable bonds is 11. The lowest BCUT2D eigenvalue weighted by Gasteiger charge is -2.36. The van der Waals surface area contributed by atoms with Crippen molar-refractivity contribution in [1.29, 1.82) is 0 Å². The Bertz CT molecular complexity index is 1050. The van der Waals surface area contributed by atoms with Crippen molar-refractivity contribution in [2.24, 2.45) is 17.8 Å². The number of anilines is 1. The molecule has 10 heteroatoms. The van der Waals surface area contributed by atoms with Crippen molar-refractivity contribution in [3.05, 3.63) is 30.3 Å². The summed E-state index contributed by atoms with van der Waals surface area (Å²) in [5.41, 5.74) is -1.24. The molecule has 39 heavy (non-hydrogen) atoms. The fourth-order valence-corrected chi connectivity index (χ4v) is 7.25. The van der Waals surface area contributed by atoms with E-state index in [4.69, 9.17) is 9.47 Å². The summed E-state index contributed by atoms with van der Waals surface area (Å²) in [7, 11) is 0. The molecule has 5 rings (SSSR count). The van der Waals surface area contributed by atoms with Crippen molar-refractivity contribution in [2.75, 3.05) is 57.9 Å². The molecule has 0 aliphatic carbocycles. The normalized spacial score (nSPS) is 33.8. The molecule has 2 bridgehead atoms. The van der Waals surface area contributed by atoms with Crippen LogP contribution in [0.25, 0.3) is 0 Å². The Morgan fingerprint density at radius 2 is 1.82 bits per heavy atom. The Hall–Kier alpha value is -2.53. The second-order valence-corrected chi connectivity index (χ2v) is 11.6. The molecule has 3 N–H and O–H groups in total. The zero-order valence-electron chi connectivity index (χ0n) is 23.1. The number of morpholine rings is 1. The monoisotopic (exact) mass is 542 g/mol. The number of unbranched alkanes of at least 4 members (excludes halogenated alkanes) is 2. The van der Waals surface area contributed by atoms with E-state index in [1.54, 1.807) is 4.90 Å². The van der Waals surface area contributed by atoms with Crippen molar-refractivity contribution < 1.29 is 29.0 Å². The molecule has 4 saturated heterocycles. The number of amides is 3. The van der Waals surface area contributed by atoms with Crippen molar-refractivity contribution in [1.82, 2.24) is 15.1 Å². The maximum absolute atomic E-state index is 14.1. The van der Waals surface area contributed by atoms with Gasteiger partial charge in [0.1, 0.15) is 11.6 Å². The zero-order valence-corrected chi connectivity index (χ0v) is 23.1. The molecule has 4 fully saturated rings. The second kappa shape index (κ2) is 11.5. The standard InChI is InChI=1S/C29H42N4O6/c1-20-19-29-23(22(28(20,2)39-29)25(35)31-21-9-5-3-6-10-21)27(37)33(12-7-4-8-16-34)24(29)26(36)30-11-13-32-14-17-38-18-15-32/h3,5-6,9-10,20,22-24,34H,4,7-8,11-19H2,1-2H3,(H,30,36)(H,31,35)/t20?,22-,23+,24?,28+,29?/m1/s1. The van der Waals surface area contributed by atoms with E-state index in [9.17, 15) is 19.5 Å². The van der Waals surface area contributed by atoms with Gasteiger partial charge in [0.25, 0.3) is 0 Å². The SMILES string of the molecule is CC1CC23O[C@]1(C)[C@@H](C(=O)Nc1ccccc1)[C@H]2C(=O)N(CCCCCO)C3C(=O)NCCN1CCOCC1. The predicted molar refractivity (Wildman–Crippen MR) is 145 cm³/mol. The molecule has 3 unspecified atom stereocenters. The van der Waals surface area contributed by atoms with Crippen molar-refractivity contribution in [3.63, 3.8) is 0 Å². The van der Waals surface area contributed by atoms with Crippen molar-refractivity contribution in [3.8, 4) is 0 Å². The lowest BCUT2D eigenvalue weighted by Crippen LogP contribution is -2.56. The maximum atomic E-state index is 14.1. The molecule has 0 radical (unpaired) electrons. The van der Waals surface area contributed by atoms with Crippen LogP contribution in [-0.2, 0) is 23.9 Å². The van der Waals surface area contributed by atoms with Crippen LogP contribution in [0.1, 0.15) is 39.5 Å². The van der Waals surface area contributed by atoms with E-state index in [0.717, 1.165) is 19.5 Å². The van der Waals surface area contributed by atoms with Gasteiger partial charge in [0.15, 0.2) is 0 Å². The van der Waals surface area contributed by atoms with Crippen LogP contribution in [0, 0.1) is 17.8 Å². The Balaban J connectivity index is 1.39. The Labute approximate surface area is 230 Å². The van der Waals surface area contributed by atoms with Crippen molar-refractivity contribution >= 4 is 23.4 Å². The van der Waals surface area contributed by atoms with E-state index in [1.807, 2.05) is 37.3 Å². The fraction of sp³-hybridized carbons (Fsp3) is 0.690. The third-order valence-electron chi connectivity index (χ3n) is 9.27. The summed E-state index contributed by atoms with van der Waals surface area (Å²) in [5, 5.41) is 15.3. The summed E-state index contributed by atoms with van der Waals surface area (Å²) in [5.74, 6) is -2.09. The molecular weight excluding hydrogens is 500 g/mol. The van der Waals surface area contributed by atoms with E-state index in [-0.39, 0.29) is 30.2 Å². The molecule has 0 saturated carbocycles. The predicted octanol–water partition coefficient (Wildman–Crippen LogP) is 1.25. The number of ether oxygens (including phenoxy) is 2. The molecule has 10 nitrogen and oxygen atoms in total. The fourth-order valence-electron chi connectivity index (χ4n) is 7.25. The third-order valence-corrected chi connectivity index (χ3v) is 9.27. The van der Waals surface area contributed by atoms with Crippen LogP contribution in [0.4, 0.5) is 5.69 Å². The Kier molecular flexibility index (Phi) is 8.28. The number of fused-ring (bicyclic) bond motifs is 1. The number of nitrogens with one attached hydrogen (secondary N) is 2. The lowest BCUT2D eigenvalue weighted by molar-refractivity contribution is -0.146. The minimum absolute atomic E-state index is 0.00828. The van der Waals surface area contributed by atoms with Crippen LogP contribution < -0.4 is 10.6 Å². The average Bonchev–Trinajstić information content (AvgIpc) is 3.44. The largest absolute Gasteiger partial charge is 0.396 e. The summed E-state index contributed by atoms with van der Waals surface area (Å²) in [4.78, 5) is 45.6. The molecule has 3 amide bonds. The minimum atomic E-state index is -1.05. The first-order chi connectivity index (χ1) is 18.8. The molecule has 0 aromatic heterocycles. The van der Waals surface area contributed by atoms with Gasteiger partial charge in [-0.1, -0.05) is 25.1 Å². The van der Waals surface area contributed by atoms with Crippen molar-refractivity contribution in [2.45, 2.75) is 56.8 Å². The van der Waals surface area contributed by atoms with Gasteiger partial charge in [-0.3, -0.25) is 19.3 Å². The topological polar surface area (TPSA) is 120 Å². The van der Waals surface area contributed by atoms with E-state index in [0.29, 0.717) is 57.8 Å². The zero-order chi connectivity index (χ0) is 27.6. The molecule has 4 heterocycles. The highest BCUT2D eigenvalue weighted by Crippen LogP contribution is 2.65. The van der Waals surface area contributed by atoms with Gasteiger partial charge < -0.3 is 30.1 Å². The first kappa shape index (κ1) is 28.0. The number of hydrogen-bond donors (Lipinski definition) is 3. The van der Waals surface area contributed by atoms with Crippen LogP contribution in [0.2, 0.25) is 0 Å². The number of hydrogen-bond acceptors (Lipinski definition) is 7. The Morgan fingerprint density at radius 3 is 2.54 bits per heavy atom. The van der Waals surface area contributed by atoms with Gasteiger partial charge in [0.2, 0.25) is 17.7 Å². The first-order valence-corrected chi connectivity index (χ1v) is 14.4. The number of aliphatic hydroxyl groups is 1. The van der Waals surface area contributed by atoms with E-state index >= 15 is 0 Å². The average molecular weight is 543 g/mol. The van der Waals surface area contributed by atoms with Crippen LogP contribution in [-0.4, -0.2) is 102 Å². The van der Waals surface area contributed by atoms with Gasteiger partial charge in [0, 0.05) is 45.0 Å². The second-order valence-electron chi connectivity index (χ2n) is 11.6. The molecular formula is C29H42N4O6. The quantitative estimate of drug-likeness (QED) is 0.360. The number of carbonyl (C=O) groups excluding carboxylic acids is 3. The van der Waals surface area contributed by atoms with Crippen LogP contribution in [0.15, 0.2) is 30.3 Å². The van der Waals surface area contributed by atoms with Gasteiger partial charge in [-0.25, -0.2) is 0 Å². The third kappa shape index (κ3) is 5.08. The van der Waals surface area contributed by atoms with Gasteiger partial charge in [-0.2, -0.15) is 0 Å². The number of carbonyl (C=O) groups is 3. The van der Waals surface area contributed by atoms with Crippen LogP contribution in [0.5, 0.6) is 0 Å². The first-order valence-electron chi connectivity index (χ1n) is 14.4. The number of aliphatic hydroxyl groups excluding tert-OH is 1. The molecule has 1 aromatic carbocycles. The summed E-state index contributed by atoms with van der Waals surface area (Å²) in [6, 6.07) is 8.43. The number of nitrogens with zero attached hydrogens (tertiary/aromatic N) is 2. The smallest absolute Gasteiger partial charge is 0.245 e. The molecule has 214 valence electrons. The molecule has 4 aliphatic heterocycles. The highest BCUT2D eigenvalue weighted by molar-refractivity contribution is 6.02. The number of benzene rings is 1. The van der Waals surface area contributed by atoms with E-state index < -0.39 is 29.1 Å². The van der Waals surface area contributed by atoms with Crippen LogP contribution in [0.3, 0.4) is 0 Å². The molecule has 1 aromatic rings. The highest BCUT2D eigenvalue weighted by Gasteiger charge is 2.79. The summed E-state index contributed by atoms with van der Waals surface area (Å²) in [6.45, 7) is 8.67. The van der Waals surface area contributed by atoms with Gasteiger partial charge in [0.05, 0.1) is 30.7 Å². The molecule has 6 atom stereocenters. The Morgan fingerprint density at radius 1 is 1.08 bits per heavy atom. The van der Waals surface area contributed by atoms with E-state index in [1.165, 1.54) is 0 Å². The molecule has 4 aliphatic rings. The maximum Gasteiger partial charge on any atom is 0.245 e. The van der Waals surface area contributed by atoms with Crippen LogP contribution >= 0.6 is 0 Å². The van der Waals surface area contributed by atoms with Gasteiger partial charge >= 0.3 is 0 Å². The van der Waals surface area contributed by atoms with Gasteiger partial charge in [-0.05, 0) is 50.7 Å². The highest BCUT2D eigenvalue weighted by atomic mass is 16.5. The summed E-state index contributed by atoms with van der Waals surface area (Å²) >= 11 is 0. The number of likely N-dealkylation sites (tertiary alicyclic amines) is 1. The lowest BCUT2D eigenvalue weighted by atomic mass is 9.62. The summed E-state index contributed by atoms with van der Waals surface area (Å²) < 4.78 is 12.2.